The first kappa shape index (κ1) is 24.6. The fourth-order valence-electron chi connectivity index (χ4n) is 3.62. The summed E-state index contributed by atoms with van der Waals surface area (Å²) >= 11 is 1.33. The molecule has 0 spiro atoms. The van der Waals surface area contributed by atoms with E-state index >= 15 is 0 Å². The molecule has 3 heterocycles. The highest BCUT2D eigenvalue weighted by atomic mass is 32.2. The van der Waals surface area contributed by atoms with Gasteiger partial charge in [-0.05, 0) is 47.9 Å². The van der Waals surface area contributed by atoms with Crippen LogP contribution in [0.1, 0.15) is 37.8 Å². The molecule has 0 saturated heterocycles. The number of nitrogens with zero attached hydrogens (tertiary/aromatic N) is 3. The van der Waals surface area contributed by atoms with Crippen LogP contribution in [0, 0.1) is 5.92 Å². The van der Waals surface area contributed by atoms with Crippen molar-refractivity contribution in [3.05, 3.63) is 57.2 Å². The van der Waals surface area contributed by atoms with Gasteiger partial charge in [-0.3, -0.25) is 9.59 Å². The Hall–Kier alpha value is -3.51. The number of amides is 1. The number of aromatic hydroxyl groups is 1. The van der Waals surface area contributed by atoms with E-state index in [1.807, 2.05) is 19.2 Å². The Balaban J connectivity index is 1.83. The quantitative estimate of drug-likeness (QED) is 0.416. The zero-order valence-electron chi connectivity index (χ0n) is 19.2. The Bertz CT molecular complexity index is 1470. The van der Waals surface area contributed by atoms with Gasteiger partial charge in [-0.1, -0.05) is 26.0 Å². The number of hydrogen-bond donors (Lipinski definition) is 3. The van der Waals surface area contributed by atoms with E-state index in [0.29, 0.717) is 29.3 Å². The summed E-state index contributed by atoms with van der Waals surface area (Å²) in [6.07, 6.45) is 1.02. The highest BCUT2D eigenvalue weighted by Crippen LogP contribution is 2.35. The van der Waals surface area contributed by atoms with Crippen molar-refractivity contribution >= 4 is 38.8 Å². The lowest BCUT2D eigenvalue weighted by Gasteiger charge is -2.20. The van der Waals surface area contributed by atoms with E-state index in [-0.39, 0.29) is 40.5 Å². The van der Waals surface area contributed by atoms with Crippen LogP contribution in [0.2, 0.25) is 0 Å². The van der Waals surface area contributed by atoms with E-state index in [9.17, 15) is 23.1 Å². The molecule has 1 aliphatic heterocycles. The van der Waals surface area contributed by atoms with E-state index in [0.717, 1.165) is 0 Å². The maximum Gasteiger partial charge on any atom is 0.286 e. The van der Waals surface area contributed by atoms with Gasteiger partial charge in [0.25, 0.3) is 15.6 Å². The number of carbonyl (C=O) groups is 1. The normalized spacial score (nSPS) is 14.3. The molecule has 1 aliphatic rings. The van der Waals surface area contributed by atoms with Crippen molar-refractivity contribution < 1.29 is 18.3 Å². The van der Waals surface area contributed by atoms with Crippen molar-refractivity contribution in [3.63, 3.8) is 0 Å². The van der Waals surface area contributed by atoms with Crippen molar-refractivity contribution in [2.24, 2.45) is 16.0 Å². The van der Waals surface area contributed by atoms with Gasteiger partial charge in [0.05, 0.1) is 10.6 Å². The first-order valence-corrected chi connectivity index (χ1v) is 13.3. The minimum absolute atomic E-state index is 0.0765. The molecule has 184 valence electrons. The number of aryl methyl sites for hydroxylation is 2. The predicted octanol–water partition coefficient (Wildman–Crippen LogP) is 2.70. The van der Waals surface area contributed by atoms with Crippen LogP contribution in [0.15, 0.2) is 49.8 Å². The van der Waals surface area contributed by atoms with Crippen LogP contribution < -0.4 is 16.6 Å². The van der Waals surface area contributed by atoms with Gasteiger partial charge in [0.15, 0.2) is 11.6 Å². The lowest BCUT2D eigenvalue weighted by molar-refractivity contribution is -0.117. The third-order valence-electron chi connectivity index (χ3n) is 5.49. The third-order valence-corrected chi connectivity index (χ3v) is 7.68. The van der Waals surface area contributed by atoms with E-state index in [4.69, 9.17) is 5.73 Å². The van der Waals surface area contributed by atoms with Crippen LogP contribution in [0.3, 0.4) is 0 Å². The molecule has 3 aromatic rings. The number of hydrogen-bond acceptors (Lipinski definition) is 8. The monoisotopic (exact) mass is 515 g/mol. The van der Waals surface area contributed by atoms with Gasteiger partial charge in [-0.2, -0.15) is 13.5 Å². The van der Waals surface area contributed by atoms with Crippen molar-refractivity contribution in [2.75, 3.05) is 5.32 Å². The second kappa shape index (κ2) is 9.62. The Morgan fingerprint density at radius 2 is 2.06 bits per heavy atom. The summed E-state index contributed by atoms with van der Waals surface area (Å²) in [5, 5.41) is 20.1. The van der Waals surface area contributed by atoms with Gasteiger partial charge in [0, 0.05) is 13.0 Å². The van der Waals surface area contributed by atoms with Crippen molar-refractivity contribution in [3.8, 4) is 16.3 Å². The Labute approximate surface area is 206 Å². The summed E-state index contributed by atoms with van der Waals surface area (Å²) in [6.45, 7) is 4.32. The Kier molecular flexibility index (Phi) is 6.77. The maximum absolute atomic E-state index is 13.3. The molecule has 1 amide bonds. The van der Waals surface area contributed by atoms with E-state index in [1.54, 1.807) is 18.2 Å². The number of carbonyl (C=O) groups excluding carboxylic acids is 1. The summed E-state index contributed by atoms with van der Waals surface area (Å²) in [4.78, 5) is 25.0. The zero-order valence-corrected chi connectivity index (χ0v) is 20.8. The van der Waals surface area contributed by atoms with E-state index in [1.165, 1.54) is 28.2 Å². The van der Waals surface area contributed by atoms with Crippen molar-refractivity contribution in [1.82, 2.24) is 9.78 Å². The summed E-state index contributed by atoms with van der Waals surface area (Å²) in [5.41, 5.74) is 5.27. The molecular weight excluding hydrogens is 490 g/mol. The van der Waals surface area contributed by atoms with Crippen LogP contribution in [-0.4, -0.2) is 35.0 Å². The SMILES string of the molecule is CC(C)CCn1nc(-c2cccs2)c(O)c(C2=NS(=O)(=O)c3cc(CCC(N)=O)ccc3N2)c1=O. The number of benzene rings is 1. The molecule has 4 N–H and O–H groups in total. The molecule has 0 atom stereocenters. The molecule has 2 aromatic heterocycles. The van der Waals surface area contributed by atoms with Gasteiger partial charge in [-0.15, -0.1) is 15.7 Å². The highest BCUT2D eigenvalue weighted by Gasteiger charge is 2.31. The smallest absolute Gasteiger partial charge is 0.286 e. The number of nitrogens with two attached hydrogens (primary N) is 1. The minimum Gasteiger partial charge on any atom is -0.505 e. The summed E-state index contributed by atoms with van der Waals surface area (Å²) in [6, 6.07) is 8.16. The average molecular weight is 516 g/mol. The second-order valence-electron chi connectivity index (χ2n) is 8.60. The first-order chi connectivity index (χ1) is 16.6. The lowest BCUT2D eigenvalue weighted by Crippen LogP contribution is -2.34. The van der Waals surface area contributed by atoms with Crippen LogP contribution in [-0.2, 0) is 27.8 Å². The largest absolute Gasteiger partial charge is 0.505 e. The Morgan fingerprint density at radius 3 is 2.71 bits per heavy atom. The van der Waals surface area contributed by atoms with E-state index < -0.39 is 27.2 Å². The number of thiophene rings is 1. The van der Waals surface area contributed by atoms with Crippen LogP contribution in [0.4, 0.5) is 5.69 Å². The molecular formula is C23H25N5O5S2. The van der Waals surface area contributed by atoms with Crippen molar-refractivity contribution in [1.29, 1.82) is 0 Å². The summed E-state index contributed by atoms with van der Waals surface area (Å²) in [5.74, 6) is -0.913. The molecule has 0 saturated carbocycles. The van der Waals surface area contributed by atoms with Crippen molar-refractivity contribution in [2.45, 2.75) is 44.6 Å². The molecule has 35 heavy (non-hydrogen) atoms. The zero-order chi connectivity index (χ0) is 25.3. The summed E-state index contributed by atoms with van der Waals surface area (Å²) < 4.78 is 31.2. The molecule has 0 bridgehead atoms. The van der Waals surface area contributed by atoms with Crippen LogP contribution in [0.25, 0.3) is 10.6 Å². The average Bonchev–Trinajstić information content (AvgIpc) is 3.31. The molecule has 0 unspecified atom stereocenters. The second-order valence-corrected chi connectivity index (χ2v) is 11.1. The standard InChI is InChI=1S/C23H25N5O5S2/c1-13(2)9-10-28-23(31)19(21(30)20(26-28)16-4-3-11-34-16)22-25-15-7-5-14(6-8-18(24)29)12-17(15)35(32,33)27-22/h3-5,7,11-13,30H,6,8-10H2,1-2H3,(H2,24,29)(H,25,27). The van der Waals surface area contributed by atoms with Gasteiger partial charge < -0.3 is 16.2 Å². The fraction of sp³-hybridized carbons (Fsp3) is 0.304. The third kappa shape index (κ3) is 5.13. The number of sulfonamides is 1. The molecule has 10 nitrogen and oxygen atoms in total. The molecule has 0 fully saturated rings. The summed E-state index contributed by atoms with van der Waals surface area (Å²) in [7, 11) is -4.21. The maximum atomic E-state index is 13.3. The van der Waals surface area contributed by atoms with E-state index in [2.05, 4.69) is 14.8 Å². The predicted molar refractivity (Wildman–Crippen MR) is 134 cm³/mol. The number of fused-ring (bicyclic) bond motifs is 1. The molecule has 1 aromatic carbocycles. The van der Waals surface area contributed by atoms with Gasteiger partial charge in [0.1, 0.15) is 16.2 Å². The highest BCUT2D eigenvalue weighted by molar-refractivity contribution is 7.90. The minimum atomic E-state index is -4.21. The van der Waals surface area contributed by atoms with Crippen LogP contribution >= 0.6 is 11.3 Å². The first-order valence-electron chi connectivity index (χ1n) is 11.0. The Morgan fingerprint density at radius 1 is 1.29 bits per heavy atom. The number of rotatable bonds is 8. The lowest BCUT2D eigenvalue weighted by atomic mass is 10.1. The number of aromatic nitrogens is 2. The van der Waals surface area contributed by atoms with Gasteiger partial charge >= 0.3 is 0 Å². The topological polar surface area (TPSA) is 157 Å². The molecule has 0 aliphatic carbocycles. The van der Waals surface area contributed by atoms with Crippen LogP contribution in [0.5, 0.6) is 5.75 Å². The molecule has 12 heteroatoms. The van der Waals surface area contributed by atoms with Gasteiger partial charge in [-0.25, -0.2) is 4.68 Å². The van der Waals surface area contributed by atoms with Gasteiger partial charge in [0.2, 0.25) is 5.91 Å². The number of amidine groups is 1. The number of nitrogens with one attached hydrogen (secondary N) is 1. The molecule has 4 rings (SSSR count). The molecule has 0 radical (unpaired) electrons. The fourth-order valence-corrected chi connectivity index (χ4v) is 5.50. The number of primary amides is 1. The number of anilines is 1.